The van der Waals surface area contributed by atoms with Gasteiger partial charge in [0.15, 0.2) is 0 Å². The van der Waals surface area contributed by atoms with Gasteiger partial charge in [-0.3, -0.25) is 9.69 Å². The molecule has 0 spiro atoms. The smallest absolute Gasteiger partial charge is 0.305 e. The topological polar surface area (TPSA) is 41.6 Å². The van der Waals surface area contributed by atoms with Gasteiger partial charge in [0.1, 0.15) is 0 Å². The summed E-state index contributed by atoms with van der Waals surface area (Å²) in [6, 6.07) is 0.727. The molecule has 0 aromatic heterocycles. The van der Waals surface area contributed by atoms with Gasteiger partial charge in [-0.15, -0.1) is 0 Å². The van der Waals surface area contributed by atoms with Crippen LogP contribution in [0.5, 0.6) is 0 Å². The second-order valence-corrected chi connectivity index (χ2v) is 5.30. The summed E-state index contributed by atoms with van der Waals surface area (Å²) in [6.45, 7) is 9.27. The zero-order chi connectivity index (χ0) is 13.9. The maximum atomic E-state index is 11.2. The fourth-order valence-electron chi connectivity index (χ4n) is 2.71. The SMILES string of the molecule is CCCN(CCCCCC(=O)OCC)C1CCNC1. The number of unbranched alkanes of at least 4 members (excludes halogenated alkanes) is 2. The van der Waals surface area contributed by atoms with Gasteiger partial charge >= 0.3 is 5.97 Å². The number of nitrogens with zero attached hydrogens (tertiary/aromatic N) is 1. The van der Waals surface area contributed by atoms with E-state index in [0.717, 1.165) is 32.0 Å². The van der Waals surface area contributed by atoms with Crippen molar-refractivity contribution in [1.29, 1.82) is 0 Å². The fourth-order valence-corrected chi connectivity index (χ4v) is 2.71. The molecule has 0 aliphatic carbocycles. The van der Waals surface area contributed by atoms with Crippen LogP contribution < -0.4 is 5.32 Å². The Hall–Kier alpha value is -0.610. The third-order valence-corrected chi connectivity index (χ3v) is 3.69. The van der Waals surface area contributed by atoms with Gasteiger partial charge in [0.25, 0.3) is 0 Å². The van der Waals surface area contributed by atoms with E-state index in [1.807, 2.05) is 6.92 Å². The summed E-state index contributed by atoms with van der Waals surface area (Å²) < 4.78 is 4.93. The normalized spacial score (nSPS) is 19.0. The quantitative estimate of drug-likeness (QED) is 0.488. The molecule has 1 heterocycles. The maximum absolute atomic E-state index is 11.2. The molecule has 0 radical (unpaired) electrons. The molecule has 0 amide bonds. The molecule has 1 unspecified atom stereocenters. The summed E-state index contributed by atoms with van der Waals surface area (Å²) in [5.41, 5.74) is 0. The molecule has 4 nitrogen and oxygen atoms in total. The third kappa shape index (κ3) is 6.92. The molecule has 1 atom stereocenters. The Labute approximate surface area is 117 Å². The number of esters is 1. The fraction of sp³-hybridized carbons (Fsp3) is 0.933. The third-order valence-electron chi connectivity index (χ3n) is 3.69. The molecule has 1 aliphatic heterocycles. The van der Waals surface area contributed by atoms with Gasteiger partial charge in [-0.25, -0.2) is 0 Å². The predicted molar refractivity (Wildman–Crippen MR) is 78.2 cm³/mol. The van der Waals surface area contributed by atoms with Crippen LogP contribution in [0.25, 0.3) is 0 Å². The molecule has 1 rings (SSSR count). The summed E-state index contributed by atoms with van der Waals surface area (Å²) in [5.74, 6) is -0.0482. The van der Waals surface area contributed by atoms with Gasteiger partial charge in [0.2, 0.25) is 0 Å². The van der Waals surface area contributed by atoms with Crippen LogP contribution in [0.1, 0.15) is 52.4 Å². The Morgan fingerprint density at radius 3 is 2.74 bits per heavy atom. The molecular formula is C15H30N2O2. The van der Waals surface area contributed by atoms with Crippen LogP contribution in [-0.2, 0) is 9.53 Å². The average Bonchev–Trinajstić information content (AvgIpc) is 2.91. The van der Waals surface area contributed by atoms with E-state index in [4.69, 9.17) is 4.74 Å². The van der Waals surface area contributed by atoms with Crippen molar-refractivity contribution in [3.63, 3.8) is 0 Å². The van der Waals surface area contributed by atoms with Crippen LogP contribution in [0.15, 0.2) is 0 Å². The second-order valence-electron chi connectivity index (χ2n) is 5.30. The number of nitrogens with one attached hydrogen (secondary N) is 1. The molecule has 1 saturated heterocycles. The first kappa shape index (κ1) is 16.4. The number of carbonyl (C=O) groups is 1. The van der Waals surface area contributed by atoms with Crippen molar-refractivity contribution in [2.24, 2.45) is 0 Å². The highest BCUT2D eigenvalue weighted by atomic mass is 16.5. The van der Waals surface area contributed by atoms with E-state index in [1.165, 1.54) is 32.4 Å². The molecule has 1 fully saturated rings. The second kappa shape index (κ2) is 10.2. The maximum Gasteiger partial charge on any atom is 0.305 e. The first-order valence-corrected chi connectivity index (χ1v) is 7.88. The number of hydrogen-bond donors (Lipinski definition) is 1. The lowest BCUT2D eigenvalue weighted by atomic mass is 10.1. The van der Waals surface area contributed by atoms with Crippen molar-refractivity contribution in [2.75, 3.05) is 32.8 Å². The Kier molecular flexibility index (Phi) is 8.84. The van der Waals surface area contributed by atoms with Gasteiger partial charge < -0.3 is 10.1 Å². The van der Waals surface area contributed by atoms with Gasteiger partial charge in [-0.1, -0.05) is 13.3 Å². The minimum Gasteiger partial charge on any atom is -0.466 e. The Morgan fingerprint density at radius 1 is 1.26 bits per heavy atom. The lowest BCUT2D eigenvalue weighted by Crippen LogP contribution is -2.38. The van der Waals surface area contributed by atoms with Crippen LogP contribution in [0.3, 0.4) is 0 Å². The zero-order valence-corrected chi connectivity index (χ0v) is 12.6. The van der Waals surface area contributed by atoms with Gasteiger partial charge in [-0.05, 0) is 52.2 Å². The molecule has 0 aromatic rings. The number of ether oxygens (including phenoxy) is 1. The molecule has 0 saturated carbocycles. The molecule has 4 heteroatoms. The van der Waals surface area contributed by atoms with Crippen LogP contribution in [0, 0.1) is 0 Å². The van der Waals surface area contributed by atoms with Crippen LogP contribution in [0.2, 0.25) is 0 Å². The average molecular weight is 270 g/mol. The molecular weight excluding hydrogens is 240 g/mol. The number of hydrogen-bond acceptors (Lipinski definition) is 4. The van der Waals surface area contributed by atoms with Crippen LogP contribution >= 0.6 is 0 Å². The Morgan fingerprint density at radius 2 is 2.11 bits per heavy atom. The van der Waals surface area contributed by atoms with E-state index in [9.17, 15) is 4.79 Å². The van der Waals surface area contributed by atoms with Crippen molar-refractivity contribution in [3.8, 4) is 0 Å². The van der Waals surface area contributed by atoms with Crippen molar-refractivity contribution in [2.45, 2.75) is 58.4 Å². The summed E-state index contributed by atoms with van der Waals surface area (Å²) >= 11 is 0. The Balaban J connectivity index is 2.09. The summed E-state index contributed by atoms with van der Waals surface area (Å²) in [6.07, 6.45) is 6.35. The first-order valence-electron chi connectivity index (χ1n) is 7.88. The molecule has 0 bridgehead atoms. The van der Waals surface area contributed by atoms with Crippen molar-refractivity contribution < 1.29 is 9.53 Å². The predicted octanol–water partition coefficient (Wildman–Crippen LogP) is 2.18. The summed E-state index contributed by atoms with van der Waals surface area (Å²) in [4.78, 5) is 13.8. The summed E-state index contributed by atoms with van der Waals surface area (Å²) in [5, 5.41) is 3.44. The molecule has 112 valence electrons. The van der Waals surface area contributed by atoms with Crippen molar-refractivity contribution in [1.82, 2.24) is 10.2 Å². The lowest BCUT2D eigenvalue weighted by Gasteiger charge is -2.27. The number of rotatable bonds is 10. The van der Waals surface area contributed by atoms with E-state index < -0.39 is 0 Å². The van der Waals surface area contributed by atoms with Gasteiger partial charge in [0, 0.05) is 19.0 Å². The molecule has 1 N–H and O–H groups in total. The summed E-state index contributed by atoms with van der Waals surface area (Å²) in [7, 11) is 0. The van der Waals surface area contributed by atoms with E-state index in [-0.39, 0.29) is 5.97 Å². The highest BCUT2D eigenvalue weighted by Gasteiger charge is 2.20. The molecule has 19 heavy (non-hydrogen) atoms. The molecule has 1 aliphatic rings. The monoisotopic (exact) mass is 270 g/mol. The van der Waals surface area contributed by atoms with Crippen molar-refractivity contribution in [3.05, 3.63) is 0 Å². The van der Waals surface area contributed by atoms with Gasteiger partial charge in [-0.2, -0.15) is 0 Å². The zero-order valence-electron chi connectivity index (χ0n) is 12.6. The van der Waals surface area contributed by atoms with E-state index in [2.05, 4.69) is 17.1 Å². The highest BCUT2D eigenvalue weighted by molar-refractivity contribution is 5.69. The first-order chi connectivity index (χ1) is 9.27. The Bertz CT molecular complexity index is 240. The van der Waals surface area contributed by atoms with Gasteiger partial charge in [0.05, 0.1) is 6.61 Å². The number of carbonyl (C=O) groups excluding carboxylic acids is 1. The van der Waals surface area contributed by atoms with Crippen molar-refractivity contribution >= 4 is 5.97 Å². The molecule has 0 aromatic carbocycles. The van der Waals surface area contributed by atoms with E-state index >= 15 is 0 Å². The largest absolute Gasteiger partial charge is 0.466 e. The minimum absolute atomic E-state index is 0.0482. The minimum atomic E-state index is -0.0482. The highest BCUT2D eigenvalue weighted by Crippen LogP contribution is 2.11. The lowest BCUT2D eigenvalue weighted by molar-refractivity contribution is -0.143. The standard InChI is InChI=1S/C15H30N2O2/c1-3-11-17(14-9-10-16-13-14)12-7-5-6-8-15(18)19-4-2/h14,16H,3-13H2,1-2H3. The van der Waals surface area contributed by atoms with Crippen LogP contribution in [-0.4, -0.2) is 49.7 Å². The van der Waals surface area contributed by atoms with E-state index in [0.29, 0.717) is 13.0 Å². The van der Waals surface area contributed by atoms with E-state index in [1.54, 1.807) is 0 Å². The van der Waals surface area contributed by atoms with Crippen LogP contribution in [0.4, 0.5) is 0 Å².